The first-order valence-electron chi connectivity index (χ1n) is 15.0. The number of sulfonamides is 1. The van der Waals surface area contributed by atoms with E-state index in [9.17, 15) is 13.5 Å². The molecular formula is C31H42N8O3S. The highest BCUT2D eigenvalue weighted by atomic mass is 32.2. The van der Waals surface area contributed by atoms with Crippen LogP contribution in [0.3, 0.4) is 0 Å². The Kier molecular flexibility index (Phi) is 8.82. The van der Waals surface area contributed by atoms with E-state index >= 15 is 0 Å². The third kappa shape index (κ3) is 6.41. The number of nitrogens with zero attached hydrogens (tertiary/aromatic N) is 7. The lowest BCUT2D eigenvalue weighted by Crippen LogP contribution is -2.49. The van der Waals surface area contributed by atoms with Crippen LogP contribution in [0.5, 0.6) is 0 Å². The van der Waals surface area contributed by atoms with Gasteiger partial charge in [0.1, 0.15) is 11.4 Å². The highest BCUT2D eigenvalue weighted by molar-refractivity contribution is 7.89. The van der Waals surface area contributed by atoms with Crippen molar-refractivity contribution in [3.05, 3.63) is 65.0 Å². The van der Waals surface area contributed by atoms with Gasteiger partial charge < -0.3 is 10.0 Å². The maximum atomic E-state index is 12.3. The monoisotopic (exact) mass is 606 g/mol. The molecule has 43 heavy (non-hydrogen) atoms. The Morgan fingerprint density at radius 3 is 2.74 bits per heavy atom. The van der Waals surface area contributed by atoms with E-state index in [0.29, 0.717) is 47.6 Å². The van der Waals surface area contributed by atoms with Crippen molar-refractivity contribution >= 4 is 32.8 Å². The summed E-state index contributed by atoms with van der Waals surface area (Å²) in [5.41, 5.74) is 5.84. The molecule has 3 aromatic rings. The molecule has 0 saturated heterocycles. The molecule has 1 aromatic carbocycles. The molecule has 230 valence electrons. The molecule has 12 heteroatoms. The van der Waals surface area contributed by atoms with Crippen LogP contribution in [-0.4, -0.2) is 75.8 Å². The van der Waals surface area contributed by atoms with E-state index in [1.807, 2.05) is 39.0 Å². The van der Waals surface area contributed by atoms with Crippen molar-refractivity contribution in [3.8, 4) is 0 Å². The van der Waals surface area contributed by atoms with Crippen LogP contribution in [0.15, 0.2) is 46.6 Å². The van der Waals surface area contributed by atoms with Gasteiger partial charge in [-0.15, -0.1) is 15.0 Å². The van der Waals surface area contributed by atoms with Crippen molar-refractivity contribution in [2.45, 2.75) is 78.2 Å². The van der Waals surface area contributed by atoms with Crippen molar-refractivity contribution < 1.29 is 13.5 Å². The van der Waals surface area contributed by atoms with Gasteiger partial charge in [0, 0.05) is 36.4 Å². The maximum absolute atomic E-state index is 12.3. The Morgan fingerprint density at radius 2 is 2.05 bits per heavy atom. The first kappa shape index (κ1) is 31.0. The van der Waals surface area contributed by atoms with E-state index in [1.54, 1.807) is 6.20 Å². The average molecular weight is 607 g/mol. The number of fused-ring (bicyclic) bond motifs is 2. The maximum Gasteiger partial charge on any atom is 0.211 e. The van der Waals surface area contributed by atoms with Gasteiger partial charge in [-0.25, -0.2) is 23.1 Å². The van der Waals surface area contributed by atoms with Crippen LogP contribution in [-0.2, 0) is 10.0 Å². The molecule has 0 saturated carbocycles. The van der Waals surface area contributed by atoms with Gasteiger partial charge >= 0.3 is 0 Å². The number of pyridine rings is 1. The number of aliphatic hydroxyl groups excluding tert-OH is 1. The minimum atomic E-state index is -3.36. The fourth-order valence-electron chi connectivity index (χ4n) is 5.91. The zero-order valence-electron chi connectivity index (χ0n) is 25.9. The molecule has 0 amide bonds. The number of aliphatic imine (C=N–C) groups is 1. The summed E-state index contributed by atoms with van der Waals surface area (Å²) in [6.45, 7) is 13.4. The molecule has 2 aliphatic heterocycles. The van der Waals surface area contributed by atoms with Gasteiger partial charge in [0.2, 0.25) is 15.8 Å². The van der Waals surface area contributed by atoms with Crippen LogP contribution in [0.2, 0.25) is 0 Å². The fraction of sp³-hybridized carbons (Fsp3) is 0.516. The number of nitrogens with one attached hydrogen (secondary N) is 1. The quantitative estimate of drug-likeness (QED) is 0.332. The summed E-state index contributed by atoms with van der Waals surface area (Å²) in [7, 11) is -3.36. The van der Waals surface area contributed by atoms with Gasteiger partial charge in [0.15, 0.2) is 5.82 Å². The summed E-state index contributed by atoms with van der Waals surface area (Å²) in [5, 5.41) is 19.2. The van der Waals surface area contributed by atoms with Crippen molar-refractivity contribution in [2.24, 2.45) is 10.1 Å². The van der Waals surface area contributed by atoms with Gasteiger partial charge in [0.25, 0.3) is 0 Å². The molecule has 0 fully saturated rings. The minimum Gasteiger partial charge on any atom is -0.395 e. The van der Waals surface area contributed by atoms with E-state index in [2.05, 4.69) is 52.6 Å². The second kappa shape index (κ2) is 12.3. The predicted molar refractivity (Wildman–Crippen MR) is 170 cm³/mol. The van der Waals surface area contributed by atoms with Gasteiger partial charge in [-0.05, 0) is 74.9 Å². The number of benzene rings is 1. The second-order valence-electron chi connectivity index (χ2n) is 12.2. The van der Waals surface area contributed by atoms with Crippen LogP contribution in [0.1, 0.15) is 94.2 Å². The normalized spacial score (nSPS) is 19.3. The van der Waals surface area contributed by atoms with E-state index in [0.717, 1.165) is 29.8 Å². The van der Waals surface area contributed by atoms with E-state index < -0.39 is 10.0 Å². The topological polar surface area (TPSA) is 138 Å². The zero-order valence-corrected chi connectivity index (χ0v) is 26.7. The molecular weight excluding hydrogens is 564 g/mol. The fourth-order valence-corrected chi connectivity index (χ4v) is 7.22. The molecule has 0 bridgehead atoms. The summed E-state index contributed by atoms with van der Waals surface area (Å²) in [4.78, 5) is 18.2. The molecule has 0 radical (unpaired) electrons. The number of aryl methyl sites for hydroxylation is 1. The SMILES string of the molecule is CCCCS(=O)(=O)NCC(C)c1nc2n(n1)N=C(c1ccccn1)/C2=N/c1cc2c(cc1C)N(CCO)C(C)(C)CC2C. The summed E-state index contributed by atoms with van der Waals surface area (Å²) in [6.07, 6.45) is 4.10. The first-order valence-corrected chi connectivity index (χ1v) is 16.7. The predicted octanol–water partition coefficient (Wildman–Crippen LogP) is 4.28. The highest BCUT2D eigenvalue weighted by Gasteiger charge is 2.37. The number of aliphatic hydroxyl groups is 1. The van der Waals surface area contributed by atoms with Gasteiger partial charge in [0.05, 0.1) is 23.7 Å². The Bertz CT molecular complexity index is 1650. The van der Waals surface area contributed by atoms with Crippen molar-refractivity contribution in [1.82, 2.24) is 24.6 Å². The molecule has 11 nitrogen and oxygen atoms in total. The highest BCUT2D eigenvalue weighted by Crippen LogP contribution is 2.45. The summed E-state index contributed by atoms with van der Waals surface area (Å²) >= 11 is 0. The number of aromatic nitrogens is 4. The molecule has 4 heterocycles. The average Bonchev–Trinajstić information content (AvgIpc) is 3.53. The zero-order chi connectivity index (χ0) is 30.9. The van der Waals surface area contributed by atoms with Gasteiger partial charge in [-0.3, -0.25) is 4.98 Å². The van der Waals surface area contributed by atoms with Crippen LogP contribution in [0, 0.1) is 6.92 Å². The molecule has 2 unspecified atom stereocenters. The summed E-state index contributed by atoms with van der Waals surface area (Å²) < 4.78 is 27.4. The molecule has 0 spiro atoms. The third-order valence-corrected chi connectivity index (χ3v) is 9.65. The number of rotatable bonds is 11. The van der Waals surface area contributed by atoms with Crippen molar-refractivity contribution in [1.29, 1.82) is 0 Å². The Hall–Kier alpha value is -3.48. The lowest BCUT2D eigenvalue weighted by molar-refractivity contribution is 0.277. The van der Waals surface area contributed by atoms with Crippen LogP contribution >= 0.6 is 0 Å². The number of unbranched alkanes of at least 4 members (excludes halogenated alkanes) is 1. The van der Waals surface area contributed by atoms with Gasteiger partial charge in [-0.1, -0.05) is 33.3 Å². The number of β-amino-alcohol motifs (C(OH)–C–C–N with tert-alkyl or cyclic N) is 1. The van der Waals surface area contributed by atoms with Crippen molar-refractivity contribution in [3.63, 3.8) is 0 Å². The summed E-state index contributed by atoms with van der Waals surface area (Å²) in [6, 6.07) is 9.94. The van der Waals surface area contributed by atoms with Crippen LogP contribution in [0.4, 0.5) is 11.4 Å². The Morgan fingerprint density at radius 1 is 1.26 bits per heavy atom. The van der Waals surface area contributed by atoms with Crippen LogP contribution in [0.25, 0.3) is 0 Å². The van der Waals surface area contributed by atoms with E-state index in [4.69, 9.17) is 15.1 Å². The summed E-state index contributed by atoms with van der Waals surface area (Å²) in [5.74, 6) is 1.12. The molecule has 0 aliphatic carbocycles. The smallest absolute Gasteiger partial charge is 0.211 e. The number of hydrogen-bond acceptors (Lipinski definition) is 9. The number of hydrogen-bond donors (Lipinski definition) is 2. The largest absolute Gasteiger partial charge is 0.395 e. The van der Waals surface area contributed by atoms with Crippen LogP contribution < -0.4 is 9.62 Å². The Balaban J connectivity index is 1.53. The number of anilines is 1. The third-order valence-electron chi connectivity index (χ3n) is 8.22. The van der Waals surface area contributed by atoms with E-state index in [-0.39, 0.29) is 30.4 Å². The van der Waals surface area contributed by atoms with Gasteiger partial charge in [-0.2, -0.15) is 0 Å². The second-order valence-corrected chi connectivity index (χ2v) is 14.1. The van der Waals surface area contributed by atoms with E-state index in [1.165, 1.54) is 10.4 Å². The molecule has 2 atom stereocenters. The standard InChI is InChI=1S/C31H42N8O3S/c1-7-8-15-43(41,42)33-19-22(4)29-35-30-28(27(36-39(30)37-29)24-11-9-10-12-32-24)34-25-17-23-21(3)18-31(5,6)38(13-14-40)26(23)16-20(25)2/h9-12,16-17,21-22,33,40H,7-8,13-15,18-19H2,1-6H3/b34-28-. The van der Waals surface area contributed by atoms with Crippen molar-refractivity contribution in [2.75, 3.05) is 30.3 Å². The molecule has 2 aromatic heterocycles. The molecule has 2 N–H and O–H groups in total. The molecule has 5 rings (SSSR count). The first-order chi connectivity index (χ1) is 20.4. The molecule has 2 aliphatic rings. The lowest BCUT2D eigenvalue weighted by atomic mass is 9.79. The lowest BCUT2D eigenvalue weighted by Gasteiger charge is -2.47. The Labute approximate surface area is 254 Å². The minimum absolute atomic E-state index is 0.0764.